The summed E-state index contributed by atoms with van der Waals surface area (Å²) in [7, 11) is 1.47. The van der Waals surface area contributed by atoms with Crippen molar-refractivity contribution in [3.05, 3.63) is 30.0 Å². The molecule has 0 aliphatic heterocycles. The molecule has 1 aromatic heterocycles. The number of ether oxygens (including phenoxy) is 1. The Hall–Kier alpha value is -2.15. The zero-order valence-electron chi connectivity index (χ0n) is 7.56. The van der Waals surface area contributed by atoms with Gasteiger partial charge >= 0.3 is 0 Å². The molecule has 0 spiro atoms. The monoisotopic (exact) mass is 185 g/mol. The van der Waals surface area contributed by atoms with E-state index < -0.39 is 0 Å². The molecule has 0 fully saturated rings. The molecule has 4 nitrogen and oxygen atoms in total. The van der Waals surface area contributed by atoms with Crippen LogP contribution in [0.3, 0.4) is 0 Å². The molecule has 68 valence electrons. The van der Waals surface area contributed by atoms with Gasteiger partial charge in [-0.15, -0.1) is 0 Å². The Kier molecular flexibility index (Phi) is 1.99. The third kappa shape index (κ3) is 1.25. The van der Waals surface area contributed by atoms with E-state index >= 15 is 0 Å². The summed E-state index contributed by atoms with van der Waals surface area (Å²) in [5, 5.41) is 8.78. The largest absolute Gasteiger partial charge is 0.479 e. The van der Waals surface area contributed by atoms with E-state index in [1.165, 1.54) is 7.11 Å². The predicted molar refractivity (Wildman–Crippen MR) is 50.8 cm³/mol. The van der Waals surface area contributed by atoms with Gasteiger partial charge in [0.1, 0.15) is 6.07 Å². The molecule has 14 heavy (non-hydrogen) atoms. The van der Waals surface area contributed by atoms with Gasteiger partial charge in [0.15, 0.2) is 0 Å². The highest BCUT2D eigenvalue weighted by Gasteiger charge is 2.07. The van der Waals surface area contributed by atoms with Crippen molar-refractivity contribution in [1.82, 2.24) is 9.97 Å². The van der Waals surface area contributed by atoms with E-state index in [9.17, 15) is 0 Å². The molecule has 2 aromatic rings. The van der Waals surface area contributed by atoms with Gasteiger partial charge in [-0.3, -0.25) is 0 Å². The van der Waals surface area contributed by atoms with E-state index in [4.69, 9.17) is 10.00 Å². The zero-order valence-corrected chi connectivity index (χ0v) is 7.56. The molecule has 0 aliphatic carbocycles. The maximum atomic E-state index is 8.78. The molecular formula is C10H7N3O. The van der Waals surface area contributed by atoms with Crippen molar-refractivity contribution in [2.75, 3.05) is 7.11 Å². The lowest BCUT2D eigenvalue weighted by molar-refractivity contribution is 0.396. The maximum Gasteiger partial charge on any atom is 0.251 e. The van der Waals surface area contributed by atoms with Gasteiger partial charge in [0.05, 0.1) is 18.1 Å². The van der Waals surface area contributed by atoms with Crippen LogP contribution in [0.15, 0.2) is 24.3 Å². The minimum atomic E-state index is 0.214. The Morgan fingerprint density at radius 3 is 2.43 bits per heavy atom. The normalized spacial score (nSPS) is 9.71. The first-order valence-corrected chi connectivity index (χ1v) is 4.06. The second-order valence-corrected chi connectivity index (χ2v) is 2.68. The minimum absolute atomic E-state index is 0.214. The van der Waals surface area contributed by atoms with Crippen LogP contribution in [0.4, 0.5) is 0 Å². The fourth-order valence-electron chi connectivity index (χ4n) is 1.20. The molecule has 0 aliphatic rings. The van der Waals surface area contributed by atoms with Gasteiger partial charge in [-0.05, 0) is 12.1 Å². The molecule has 1 aromatic carbocycles. The topological polar surface area (TPSA) is 58.8 Å². The highest BCUT2D eigenvalue weighted by molar-refractivity contribution is 5.75. The predicted octanol–water partition coefficient (Wildman–Crippen LogP) is 1.51. The number of benzene rings is 1. The standard InChI is InChI=1S/C10H7N3O/c1-14-10-9(6-11)12-7-4-2-3-5-8(7)13-10/h2-5H,1H3. The van der Waals surface area contributed by atoms with E-state index in [1.54, 1.807) is 0 Å². The molecule has 0 saturated heterocycles. The molecule has 4 heteroatoms. The third-order valence-electron chi connectivity index (χ3n) is 1.84. The van der Waals surface area contributed by atoms with Crippen molar-refractivity contribution in [2.24, 2.45) is 0 Å². The summed E-state index contributed by atoms with van der Waals surface area (Å²) >= 11 is 0. The third-order valence-corrected chi connectivity index (χ3v) is 1.84. The summed E-state index contributed by atoms with van der Waals surface area (Å²) in [6.45, 7) is 0. The van der Waals surface area contributed by atoms with Gasteiger partial charge in [-0.1, -0.05) is 12.1 Å². The molecule has 2 rings (SSSR count). The van der Waals surface area contributed by atoms with Crippen molar-refractivity contribution in [3.63, 3.8) is 0 Å². The van der Waals surface area contributed by atoms with Gasteiger partial charge in [0.25, 0.3) is 5.88 Å². The lowest BCUT2D eigenvalue weighted by atomic mass is 10.3. The second-order valence-electron chi connectivity index (χ2n) is 2.68. The Balaban J connectivity index is 2.77. The number of hydrogen-bond donors (Lipinski definition) is 0. The first-order chi connectivity index (χ1) is 6.85. The number of para-hydroxylation sites is 2. The van der Waals surface area contributed by atoms with E-state index in [-0.39, 0.29) is 11.6 Å². The van der Waals surface area contributed by atoms with E-state index in [1.807, 2.05) is 30.3 Å². The summed E-state index contributed by atoms with van der Waals surface area (Å²) in [4.78, 5) is 8.27. The fraction of sp³-hybridized carbons (Fsp3) is 0.100. The smallest absolute Gasteiger partial charge is 0.251 e. The average molecular weight is 185 g/mol. The summed E-state index contributed by atoms with van der Waals surface area (Å²) < 4.78 is 4.95. The molecule has 1 heterocycles. The van der Waals surface area contributed by atoms with Crippen LogP contribution in [0.1, 0.15) is 5.69 Å². The molecule has 0 amide bonds. The molecule has 0 bridgehead atoms. The average Bonchev–Trinajstić information content (AvgIpc) is 2.27. The number of methoxy groups -OCH3 is 1. The van der Waals surface area contributed by atoms with Gasteiger partial charge in [0, 0.05) is 0 Å². The maximum absolute atomic E-state index is 8.78. The number of aromatic nitrogens is 2. The van der Waals surface area contributed by atoms with Crippen LogP contribution in [-0.2, 0) is 0 Å². The molecule has 0 unspecified atom stereocenters. The Morgan fingerprint density at radius 1 is 1.21 bits per heavy atom. The van der Waals surface area contributed by atoms with Gasteiger partial charge in [-0.25, -0.2) is 9.97 Å². The number of rotatable bonds is 1. The molecule has 0 N–H and O–H groups in total. The number of nitriles is 1. The van der Waals surface area contributed by atoms with Gasteiger partial charge in [0.2, 0.25) is 5.69 Å². The molecule has 0 saturated carbocycles. The van der Waals surface area contributed by atoms with Crippen LogP contribution in [0.5, 0.6) is 5.88 Å². The Labute approximate surface area is 80.8 Å². The van der Waals surface area contributed by atoms with E-state index in [0.717, 1.165) is 5.52 Å². The highest BCUT2D eigenvalue weighted by atomic mass is 16.5. The Bertz CT molecular complexity index is 516. The van der Waals surface area contributed by atoms with Crippen LogP contribution in [0, 0.1) is 11.3 Å². The van der Waals surface area contributed by atoms with E-state index in [0.29, 0.717) is 5.52 Å². The first kappa shape index (κ1) is 8.45. The highest BCUT2D eigenvalue weighted by Crippen LogP contribution is 2.17. The van der Waals surface area contributed by atoms with Crippen LogP contribution in [-0.4, -0.2) is 17.1 Å². The van der Waals surface area contributed by atoms with Crippen LogP contribution < -0.4 is 4.74 Å². The summed E-state index contributed by atoms with van der Waals surface area (Å²) in [6, 6.07) is 9.29. The van der Waals surface area contributed by atoms with Crippen LogP contribution >= 0.6 is 0 Å². The van der Waals surface area contributed by atoms with Crippen molar-refractivity contribution in [2.45, 2.75) is 0 Å². The lowest BCUT2D eigenvalue weighted by Gasteiger charge is -2.02. The van der Waals surface area contributed by atoms with Gasteiger partial charge in [-0.2, -0.15) is 5.26 Å². The second kappa shape index (κ2) is 3.30. The lowest BCUT2D eigenvalue weighted by Crippen LogP contribution is -1.95. The fourth-order valence-corrected chi connectivity index (χ4v) is 1.20. The zero-order chi connectivity index (χ0) is 9.97. The van der Waals surface area contributed by atoms with Gasteiger partial charge < -0.3 is 4.74 Å². The van der Waals surface area contributed by atoms with Crippen LogP contribution in [0.2, 0.25) is 0 Å². The minimum Gasteiger partial charge on any atom is -0.479 e. The quantitative estimate of drug-likeness (QED) is 0.675. The van der Waals surface area contributed by atoms with Crippen molar-refractivity contribution >= 4 is 11.0 Å². The first-order valence-electron chi connectivity index (χ1n) is 4.06. The number of nitrogens with zero attached hydrogens (tertiary/aromatic N) is 3. The molecule has 0 atom stereocenters. The Morgan fingerprint density at radius 2 is 1.86 bits per heavy atom. The SMILES string of the molecule is COc1nc2ccccc2nc1C#N. The summed E-state index contributed by atoms with van der Waals surface area (Å²) in [6.07, 6.45) is 0. The summed E-state index contributed by atoms with van der Waals surface area (Å²) in [5.74, 6) is 0.270. The van der Waals surface area contributed by atoms with Crippen molar-refractivity contribution in [1.29, 1.82) is 5.26 Å². The van der Waals surface area contributed by atoms with Crippen molar-refractivity contribution < 1.29 is 4.74 Å². The van der Waals surface area contributed by atoms with E-state index in [2.05, 4.69) is 9.97 Å². The molecular weight excluding hydrogens is 178 g/mol. The number of fused-ring (bicyclic) bond motifs is 1. The summed E-state index contributed by atoms with van der Waals surface area (Å²) in [5.41, 5.74) is 1.64. The van der Waals surface area contributed by atoms with Crippen molar-refractivity contribution in [3.8, 4) is 11.9 Å². The number of hydrogen-bond acceptors (Lipinski definition) is 4. The van der Waals surface area contributed by atoms with Crippen LogP contribution in [0.25, 0.3) is 11.0 Å². The molecule has 0 radical (unpaired) electrons.